The third-order valence-electron chi connectivity index (χ3n) is 5.61. The van der Waals surface area contributed by atoms with Crippen LogP contribution in [-0.4, -0.2) is 27.3 Å². The molecule has 0 aliphatic rings. The van der Waals surface area contributed by atoms with E-state index >= 15 is 0 Å². The number of aryl methyl sites for hydroxylation is 2. The molecule has 4 aromatic rings. The number of rotatable bonds is 7. The molecule has 0 aliphatic heterocycles. The van der Waals surface area contributed by atoms with E-state index in [0.717, 1.165) is 22.3 Å². The van der Waals surface area contributed by atoms with Gasteiger partial charge < -0.3 is 10.4 Å². The molecule has 2 N–H and O–H groups in total. The number of nitrogens with one attached hydrogen (secondary N) is 1. The zero-order valence-electron chi connectivity index (χ0n) is 18.3. The Bertz CT molecular complexity index is 1200. The van der Waals surface area contributed by atoms with Crippen molar-refractivity contribution in [2.45, 2.75) is 26.5 Å². The van der Waals surface area contributed by atoms with Gasteiger partial charge in [-0.15, -0.1) is 0 Å². The monoisotopic (exact) mass is 425 g/mol. The number of aliphatic hydroxyl groups excluding tert-OH is 1. The Morgan fingerprint density at radius 2 is 1.66 bits per heavy atom. The Labute approximate surface area is 188 Å². The number of aliphatic hydroxyl groups is 1. The van der Waals surface area contributed by atoms with Crippen LogP contribution < -0.4 is 5.32 Å². The van der Waals surface area contributed by atoms with Gasteiger partial charge >= 0.3 is 0 Å². The third-order valence-corrected chi connectivity index (χ3v) is 5.61. The summed E-state index contributed by atoms with van der Waals surface area (Å²) in [6.07, 6.45) is 1.01. The standard InChI is InChI=1S/C27H27N3O2/c1-19-13-14-23(15-20(19)2)26-24(18-30(29-26)17-21-9-5-3-6-10-21)27(32)28-16-25(31)22-11-7-4-8-12-22/h3-15,18,25,31H,16-17H2,1-2H3,(H,28,32). The van der Waals surface area contributed by atoms with Gasteiger partial charge in [0.25, 0.3) is 5.91 Å². The molecule has 0 spiro atoms. The number of hydrogen-bond donors (Lipinski definition) is 2. The molecule has 0 fully saturated rings. The lowest BCUT2D eigenvalue weighted by atomic mass is 10.0. The summed E-state index contributed by atoms with van der Waals surface area (Å²) in [4.78, 5) is 13.1. The van der Waals surface area contributed by atoms with Crippen molar-refractivity contribution in [3.8, 4) is 11.3 Å². The molecule has 3 aromatic carbocycles. The van der Waals surface area contributed by atoms with Crippen molar-refractivity contribution in [1.82, 2.24) is 15.1 Å². The van der Waals surface area contributed by atoms with Gasteiger partial charge in [0.15, 0.2) is 0 Å². The first-order valence-corrected chi connectivity index (χ1v) is 10.7. The summed E-state index contributed by atoms with van der Waals surface area (Å²) < 4.78 is 1.79. The number of amides is 1. The van der Waals surface area contributed by atoms with Crippen molar-refractivity contribution >= 4 is 5.91 Å². The van der Waals surface area contributed by atoms with Crippen LogP contribution >= 0.6 is 0 Å². The van der Waals surface area contributed by atoms with Crippen LogP contribution in [0.25, 0.3) is 11.3 Å². The van der Waals surface area contributed by atoms with Gasteiger partial charge in [-0.2, -0.15) is 5.10 Å². The quantitative estimate of drug-likeness (QED) is 0.452. The van der Waals surface area contributed by atoms with E-state index in [2.05, 4.69) is 25.2 Å². The van der Waals surface area contributed by atoms with Gasteiger partial charge in [0.1, 0.15) is 5.69 Å². The van der Waals surface area contributed by atoms with Crippen LogP contribution in [0.4, 0.5) is 0 Å². The molecule has 5 nitrogen and oxygen atoms in total. The Balaban J connectivity index is 1.61. The highest BCUT2D eigenvalue weighted by atomic mass is 16.3. The summed E-state index contributed by atoms with van der Waals surface area (Å²) in [6, 6.07) is 25.4. The largest absolute Gasteiger partial charge is 0.387 e. The molecule has 1 amide bonds. The second kappa shape index (κ2) is 9.62. The van der Waals surface area contributed by atoms with Crippen LogP contribution in [0.1, 0.15) is 38.7 Å². The second-order valence-corrected chi connectivity index (χ2v) is 8.01. The van der Waals surface area contributed by atoms with E-state index in [1.54, 1.807) is 10.9 Å². The highest BCUT2D eigenvalue weighted by molar-refractivity contribution is 5.99. The van der Waals surface area contributed by atoms with Gasteiger partial charge in [0.05, 0.1) is 18.2 Å². The number of carbonyl (C=O) groups excluding carboxylic acids is 1. The van der Waals surface area contributed by atoms with Crippen LogP contribution in [0.3, 0.4) is 0 Å². The number of nitrogens with zero attached hydrogens (tertiary/aromatic N) is 2. The maximum absolute atomic E-state index is 13.1. The van der Waals surface area contributed by atoms with Gasteiger partial charge in [-0.3, -0.25) is 9.48 Å². The molecule has 5 heteroatoms. The Kier molecular flexibility index (Phi) is 6.47. The minimum absolute atomic E-state index is 0.124. The van der Waals surface area contributed by atoms with E-state index in [4.69, 9.17) is 5.10 Å². The van der Waals surface area contributed by atoms with Crippen LogP contribution in [0.15, 0.2) is 85.1 Å². The van der Waals surface area contributed by atoms with E-state index in [-0.39, 0.29) is 12.5 Å². The molecule has 1 atom stereocenters. The summed E-state index contributed by atoms with van der Waals surface area (Å²) in [5, 5.41) is 18.0. The summed E-state index contributed by atoms with van der Waals surface area (Å²) >= 11 is 0. The zero-order chi connectivity index (χ0) is 22.5. The van der Waals surface area contributed by atoms with E-state index in [9.17, 15) is 9.90 Å². The van der Waals surface area contributed by atoms with E-state index < -0.39 is 6.10 Å². The SMILES string of the molecule is Cc1ccc(-c2nn(Cc3ccccc3)cc2C(=O)NCC(O)c2ccccc2)cc1C. The van der Waals surface area contributed by atoms with Crippen molar-refractivity contribution in [3.05, 3.63) is 113 Å². The number of aromatic nitrogens is 2. The highest BCUT2D eigenvalue weighted by Crippen LogP contribution is 2.25. The molecule has 4 rings (SSSR count). The molecule has 0 radical (unpaired) electrons. The molecule has 0 saturated carbocycles. The molecular formula is C27H27N3O2. The third kappa shape index (κ3) is 4.95. The lowest BCUT2D eigenvalue weighted by molar-refractivity contribution is 0.0917. The highest BCUT2D eigenvalue weighted by Gasteiger charge is 2.19. The fourth-order valence-corrected chi connectivity index (χ4v) is 3.62. The molecule has 1 unspecified atom stereocenters. The van der Waals surface area contributed by atoms with Crippen molar-refractivity contribution in [2.75, 3.05) is 6.54 Å². The van der Waals surface area contributed by atoms with Gasteiger partial charge in [-0.25, -0.2) is 0 Å². The van der Waals surface area contributed by atoms with Gasteiger partial charge in [-0.1, -0.05) is 72.8 Å². The predicted molar refractivity (Wildman–Crippen MR) is 126 cm³/mol. The lowest BCUT2D eigenvalue weighted by Gasteiger charge is -2.12. The van der Waals surface area contributed by atoms with Crippen LogP contribution in [0, 0.1) is 13.8 Å². The van der Waals surface area contributed by atoms with Crippen molar-refractivity contribution in [1.29, 1.82) is 0 Å². The smallest absolute Gasteiger partial charge is 0.255 e. The Morgan fingerprint density at radius 1 is 0.969 bits per heavy atom. The molecule has 1 heterocycles. The first-order valence-electron chi connectivity index (χ1n) is 10.7. The van der Waals surface area contributed by atoms with Crippen LogP contribution in [-0.2, 0) is 6.54 Å². The first kappa shape index (κ1) is 21.5. The average Bonchev–Trinajstić information content (AvgIpc) is 3.24. The minimum Gasteiger partial charge on any atom is -0.387 e. The van der Waals surface area contributed by atoms with E-state index in [1.165, 1.54) is 5.56 Å². The number of hydrogen-bond acceptors (Lipinski definition) is 3. The molecule has 162 valence electrons. The Morgan fingerprint density at radius 3 is 2.34 bits per heavy atom. The van der Waals surface area contributed by atoms with Crippen molar-refractivity contribution in [2.24, 2.45) is 0 Å². The van der Waals surface area contributed by atoms with Crippen molar-refractivity contribution < 1.29 is 9.90 Å². The van der Waals surface area contributed by atoms with Gasteiger partial charge in [0, 0.05) is 18.3 Å². The van der Waals surface area contributed by atoms with E-state index in [0.29, 0.717) is 17.8 Å². The topological polar surface area (TPSA) is 67.2 Å². The maximum atomic E-state index is 13.1. The number of benzene rings is 3. The maximum Gasteiger partial charge on any atom is 0.255 e. The molecule has 1 aromatic heterocycles. The average molecular weight is 426 g/mol. The molecule has 0 aliphatic carbocycles. The predicted octanol–water partition coefficient (Wildman–Crippen LogP) is 4.68. The second-order valence-electron chi connectivity index (χ2n) is 8.01. The van der Waals surface area contributed by atoms with Gasteiger partial charge in [-0.05, 0) is 42.2 Å². The fraction of sp³-hybridized carbons (Fsp3) is 0.185. The normalized spacial score (nSPS) is 11.8. The number of carbonyl (C=O) groups is 1. The Hall–Kier alpha value is -3.70. The zero-order valence-corrected chi connectivity index (χ0v) is 18.3. The summed E-state index contributed by atoms with van der Waals surface area (Å²) in [5.41, 5.74) is 6.23. The lowest BCUT2D eigenvalue weighted by Crippen LogP contribution is -2.28. The minimum atomic E-state index is -0.774. The van der Waals surface area contributed by atoms with Gasteiger partial charge in [0.2, 0.25) is 0 Å². The molecule has 32 heavy (non-hydrogen) atoms. The summed E-state index contributed by atoms with van der Waals surface area (Å²) in [6.45, 7) is 4.80. The fourth-order valence-electron chi connectivity index (χ4n) is 3.62. The first-order chi connectivity index (χ1) is 15.5. The van der Waals surface area contributed by atoms with E-state index in [1.807, 2.05) is 72.8 Å². The molecular weight excluding hydrogens is 398 g/mol. The molecule has 0 bridgehead atoms. The van der Waals surface area contributed by atoms with Crippen molar-refractivity contribution in [3.63, 3.8) is 0 Å². The summed E-state index contributed by atoms with van der Waals surface area (Å²) in [5.74, 6) is -0.257. The summed E-state index contributed by atoms with van der Waals surface area (Å²) in [7, 11) is 0. The van der Waals surface area contributed by atoms with Crippen LogP contribution in [0.2, 0.25) is 0 Å². The van der Waals surface area contributed by atoms with Crippen LogP contribution in [0.5, 0.6) is 0 Å². The molecule has 0 saturated heterocycles.